The summed E-state index contributed by atoms with van der Waals surface area (Å²) < 4.78 is 0. The molecule has 2 aliphatic rings. The number of nitrogens with zero attached hydrogens (tertiary/aromatic N) is 1. The van der Waals surface area contributed by atoms with Gasteiger partial charge in [0.1, 0.15) is 5.82 Å². The van der Waals surface area contributed by atoms with E-state index >= 15 is 0 Å². The van der Waals surface area contributed by atoms with E-state index in [-0.39, 0.29) is 0 Å². The molecular formula is C8H7N3S. The van der Waals surface area contributed by atoms with E-state index in [0.29, 0.717) is 0 Å². The molecule has 0 unspecified atom stereocenters. The Hall–Kier alpha value is -1.13. The molecule has 3 rings (SSSR count). The molecule has 2 aliphatic heterocycles. The second-order valence-corrected chi connectivity index (χ2v) is 3.34. The molecule has 0 aromatic heterocycles. The first kappa shape index (κ1) is 6.39. The van der Waals surface area contributed by atoms with Crippen molar-refractivity contribution in [3.63, 3.8) is 0 Å². The summed E-state index contributed by atoms with van der Waals surface area (Å²) >= 11 is 1.58. The third kappa shape index (κ3) is 0.707. The molecule has 60 valence electrons. The summed E-state index contributed by atoms with van der Waals surface area (Å²) in [5.41, 5.74) is 2.35. The van der Waals surface area contributed by atoms with Gasteiger partial charge < -0.3 is 5.32 Å². The molecule has 1 aromatic rings. The van der Waals surface area contributed by atoms with E-state index < -0.39 is 0 Å². The largest absolute Gasteiger partial charge is 0.338 e. The summed E-state index contributed by atoms with van der Waals surface area (Å²) in [4.78, 5) is 3.17. The van der Waals surface area contributed by atoms with Crippen molar-refractivity contribution in [2.75, 3.05) is 10.3 Å². The highest BCUT2D eigenvalue weighted by atomic mass is 32.2. The topological polar surface area (TPSA) is 27.3 Å². The van der Waals surface area contributed by atoms with Gasteiger partial charge in [-0.2, -0.15) is 4.83 Å². The van der Waals surface area contributed by atoms with Gasteiger partial charge >= 0.3 is 0 Å². The van der Waals surface area contributed by atoms with Crippen LogP contribution in [0.5, 0.6) is 0 Å². The van der Waals surface area contributed by atoms with E-state index in [0.717, 1.165) is 11.5 Å². The first-order valence-electron chi connectivity index (χ1n) is 3.73. The van der Waals surface area contributed by atoms with Crippen molar-refractivity contribution in [3.8, 4) is 0 Å². The zero-order valence-corrected chi connectivity index (χ0v) is 7.06. The van der Waals surface area contributed by atoms with Crippen LogP contribution in [0.4, 0.5) is 11.4 Å². The SMILES string of the molecule is C1=C2Nc3ccccc3N2NS1. The maximum absolute atomic E-state index is 3.30. The second-order valence-electron chi connectivity index (χ2n) is 2.69. The Balaban J connectivity index is 2.17. The Kier molecular flexibility index (Phi) is 1.16. The van der Waals surface area contributed by atoms with Gasteiger partial charge in [-0.15, -0.1) is 0 Å². The summed E-state index contributed by atoms with van der Waals surface area (Å²) in [6.07, 6.45) is 0. The Bertz CT molecular complexity index is 361. The minimum Gasteiger partial charge on any atom is -0.338 e. The van der Waals surface area contributed by atoms with E-state index in [4.69, 9.17) is 0 Å². The third-order valence-electron chi connectivity index (χ3n) is 1.96. The van der Waals surface area contributed by atoms with Crippen LogP contribution in [0.3, 0.4) is 0 Å². The molecule has 1 aromatic carbocycles. The number of hydrogen-bond donors (Lipinski definition) is 2. The van der Waals surface area contributed by atoms with Crippen LogP contribution in [0, 0.1) is 0 Å². The molecule has 2 N–H and O–H groups in total. The molecule has 0 radical (unpaired) electrons. The van der Waals surface area contributed by atoms with E-state index in [9.17, 15) is 0 Å². The van der Waals surface area contributed by atoms with Gasteiger partial charge in [0.05, 0.1) is 11.4 Å². The summed E-state index contributed by atoms with van der Waals surface area (Å²) in [7, 11) is 0. The van der Waals surface area contributed by atoms with E-state index in [2.05, 4.69) is 27.7 Å². The molecule has 0 aliphatic carbocycles. The smallest absolute Gasteiger partial charge is 0.134 e. The lowest BCUT2D eigenvalue weighted by atomic mass is 10.3. The van der Waals surface area contributed by atoms with E-state index in [1.54, 1.807) is 11.9 Å². The number of anilines is 2. The van der Waals surface area contributed by atoms with Gasteiger partial charge in [0.2, 0.25) is 0 Å². The third-order valence-corrected chi connectivity index (χ3v) is 2.59. The number of nitrogens with one attached hydrogen (secondary N) is 2. The van der Waals surface area contributed by atoms with Gasteiger partial charge in [-0.05, 0) is 24.1 Å². The molecule has 4 heteroatoms. The van der Waals surface area contributed by atoms with Crippen LogP contribution >= 0.6 is 11.9 Å². The van der Waals surface area contributed by atoms with E-state index in [1.807, 2.05) is 17.1 Å². The summed E-state index contributed by atoms with van der Waals surface area (Å²) in [6, 6.07) is 8.22. The molecule has 0 amide bonds. The summed E-state index contributed by atoms with van der Waals surface area (Å²) in [5, 5.41) is 7.40. The molecule has 2 heterocycles. The van der Waals surface area contributed by atoms with Gasteiger partial charge in [0.25, 0.3) is 0 Å². The lowest BCUT2D eigenvalue weighted by molar-refractivity contribution is 0.983. The standard InChI is InChI=1S/C8H7N3S/c1-2-4-7-6(3-1)9-8-5-12-10-11(7)8/h1-5,9-10H. The monoisotopic (exact) mass is 177 g/mol. The Morgan fingerprint density at radius 3 is 3.17 bits per heavy atom. The Morgan fingerprint density at radius 1 is 1.25 bits per heavy atom. The lowest BCUT2D eigenvalue weighted by Crippen LogP contribution is -2.25. The van der Waals surface area contributed by atoms with Crippen LogP contribution in [-0.4, -0.2) is 0 Å². The van der Waals surface area contributed by atoms with Crippen molar-refractivity contribution in [3.05, 3.63) is 35.5 Å². The first-order chi connectivity index (χ1) is 5.95. The molecule has 0 fully saturated rings. The molecule has 0 bridgehead atoms. The zero-order valence-electron chi connectivity index (χ0n) is 6.24. The highest BCUT2D eigenvalue weighted by Gasteiger charge is 2.26. The number of para-hydroxylation sites is 2. The van der Waals surface area contributed by atoms with Crippen molar-refractivity contribution >= 4 is 23.3 Å². The van der Waals surface area contributed by atoms with Crippen molar-refractivity contribution in [2.24, 2.45) is 0 Å². The molecule has 0 spiro atoms. The number of hydrogen-bond acceptors (Lipinski definition) is 4. The van der Waals surface area contributed by atoms with Crippen LogP contribution in [0.15, 0.2) is 35.5 Å². The molecule has 0 atom stereocenters. The molecular weight excluding hydrogens is 170 g/mol. The fourth-order valence-electron chi connectivity index (χ4n) is 1.41. The maximum Gasteiger partial charge on any atom is 0.134 e. The van der Waals surface area contributed by atoms with Crippen molar-refractivity contribution in [1.29, 1.82) is 0 Å². The Labute approximate surface area is 74.5 Å². The van der Waals surface area contributed by atoms with E-state index in [1.165, 1.54) is 5.69 Å². The molecule has 3 nitrogen and oxygen atoms in total. The van der Waals surface area contributed by atoms with Crippen molar-refractivity contribution in [2.45, 2.75) is 0 Å². The van der Waals surface area contributed by atoms with Gasteiger partial charge in [0, 0.05) is 5.41 Å². The fourth-order valence-corrected chi connectivity index (χ4v) is 2.04. The van der Waals surface area contributed by atoms with Gasteiger partial charge in [0.15, 0.2) is 0 Å². The molecule has 0 saturated heterocycles. The van der Waals surface area contributed by atoms with Crippen LogP contribution < -0.4 is 15.2 Å². The Morgan fingerprint density at radius 2 is 2.17 bits per heavy atom. The van der Waals surface area contributed by atoms with Crippen LogP contribution in [0.25, 0.3) is 0 Å². The summed E-state index contributed by atoms with van der Waals surface area (Å²) in [5.74, 6) is 1.11. The lowest BCUT2D eigenvalue weighted by Gasteiger charge is -2.11. The van der Waals surface area contributed by atoms with Gasteiger partial charge in [-0.25, -0.2) is 5.01 Å². The summed E-state index contributed by atoms with van der Waals surface area (Å²) in [6.45, 7) is 0. The predicted molar refractivity (Wildman–Crippen MR) is 51.4 cm³/mol. The van der Waals surface area contributed by atoms with Crippen molar-refractivity contribution in [1.82, 2.24) is 4.83 Å². The average molecular weight is 177 g/mol. The number of hydrazine groups is 1. The van der Waals surface area contributed by atoms with Crippen LogP contribution in [0.1, 0.15) is 0 Å². The molecule has 12 heavy (non-hydrogen) atoms. The normalized spacial score (nSPS) is 18.3. The first-order valence-corrected chi connectivity index (χ1v) is 4.61. The highest BCUT2D eigenvalue weighted by Crippen LogP contribution is 2.38. The number of rotatable bonds is 0. The maximum atomic E-state index is 3.30. The minimum atomic E-state index is 1.11. The van der Waals surface area contributed by atoms with Crippen molar-refractivity contribution < 1.29 is 0 Å². The van der Waals surface area contributed by atoms with Crippen LogP contribution in [0.2, 0.25) is 0 Å². The number of fused-ring (bicyclic) bond motifs is 3. The quantitative estimate of drug-likeness (QED) is 0.592. The van der Waals surface area contributed by atoms with Crippen LogP contribution in [-0.2, 0) is 0 Å². The predicted octanol–water partition coefficient (Wildman–Crippen LogP) is 1.88. The average Bonchev–Trinajstić information content (AvgIpc) is 2.62. The van der Waals surface area contributed by atoms with Gasteiger partial charge in [-0.3, -0.25) is 0 Å². The fraction of sp³-hybridized carbons (Fsp3) is 0. The molecule has 0 saturated carbocycles. The zero-order chi connectivity index (χ0) is 7.97. The minimum absolute atomic E-state index is 1.11. The second kappa shape index (κ2) is 2.18. The van der Waals surface area contributed by atoms with Gasteiger partial charge in [-0.1, -0.05) is 12.1 Å². The number of benzene rings is 1. The highest BCUT2D eigenvalue weighted by molar-refractivity contribution is 8.00.